The predicted octanol–water partition coefficient (Wildman–Crippen LogP) is 4.78. The second-order valence-electron chi connectivity index (χ2n) is 6.69. The molecule has 1 fully saturated rings. The van der Waals surface area contributed by atoms with Gasteiger partial charge < -0.3 is 5.32 Å². The van der Waals surface area contributed by atoms with E-state index in [9.17, 15) is 13.2 Å². The van der Waals surface area contributed by atoms with Crippen LogP contribution in [0.2, 0.25) is 10.0 Å². The van der Waals surface area contributed by atoms with Crippen molar-refractivity contribution in [1.82, 2.24) is 4.72 Å². The van der Waals surface area contributed by atoms with E-state index >= 15 is 0 Å². The number of hydrogen-bond donors (Lipinski definition) is 2. The first-order chi connectivity index (χ1) is 12.8. The predicted molar refractivity (Wildman–Crippen MR) is 108 cm³/mol. The van der Waals surface area contributed by atoms with Crippen molar-refractivity contribution in [1.29, 1.82) is 0 Å². The lowest BCUT2D eigenvalue weighted by atomic mass is 10.2. The third-order valence-electron chi connectivity index (χ3n) is 4.51. The van der Waals surface area contributed by atoms with Crippen LogP contribution >= 0.6 is 23.2 Å². The molecular formula is C19H20Cl2N2O3S. The Morgan fingerprint density at radius 1 is 1.07 bits per heavy atom. The van der Waals surface area contributed by atoms with Gasteiger partial charge in [-0.05, 0) is 49.6 Å². The van der Waals surface area contributed by atoms with Crippen LogP contribution in [0.5, 0.6) is 0 Å². The molecule has 1 aliphatic carbocycles. The topological polar surface area (TPSA) is 75.3 Å². The molecule has 0 bridgehead atoms. The molecule has 0 aliphatic heterocycles. The van der Waals surface area contributed by atoms with E-state index in [2.05, 4.69) is 10.0 Å². The number of carbonyl (C=O) groups is 1. The van der Waals surface area contributed by atoms with Gasteiger partial charge in [-0.2, -0.15) is 0 Å². The van der Waals surface area contributed by atoms with Crippen LogP contribution in [0, 0.1) is 6.92 Å². The second-order valence-corrected chi connectivity index (χ2v) is 9.19. The third-order valence-corrected chi connectivity index (χ3v) is 6.81. The average molecular weight is 427 g/mol. The molecule has 3 rings (SSSR count). The second kappa shape index (κ2) is 8.19. The molecule has 2 aromatic carbocycles. The Morgan fingerprint density at radius 2 is 1.78 bits per heavy atom. The van der Waals surface area contributed by atoms with E-state index in [0.717, 1.165) is 31.2 Å². The SMILES string of the molecule is Cc1cccc(NC(=O)c2cc(S(=O)(=O)NC3CCCC3)c(Cl)cc2Cl)c1. The highest BCUT2D eigenvalue weighted by Gasteiger charge is 2.27. The Hall–Kier alpha value is -1.60. The Bertz CT molecular complexity index is 971. The van der Waals surface area contributed by atoms with Gasteiger partial charge in [0.15, 0.2) is 0 Å². The van der Waals surface area contributed by atoms with Gasteiger partial charge in [-0.25, -0.2) is 13.1 Å². The zero-order valence-electron chi connectivity index (χ0n) is 14.8. The number of aryl methyl sites for hydroxylation is 1. The van der Waals surface area contributed by atoms with E-state index in [1.807, 2.05) is 19.1 Å². The van der Waals surface area contributed by atoms with Gasteiger partial charge in [0.05, 0.1) is 15.6 Å². The van der Waals surface area contributed by atoms with Crippen molar-refractivity contribution < 1.29 is 13.2 Å². The fraction of sp³-hybridized carbons (Fsp3) is 0.316. The highest BCUT2D eigenvalue weighted by atomic mass is 35.5. The molecule has 1 amide bonds. The molecule has 2 aromatic rings. The normalized spacial score (nSPS) is 15.1. The lowest BCUT2D eigenvalue weighted by molar-refractivity contribution is 0.102. The van der Waals surface area contributed by atoms with Gasteiger partial charge in [-0.1, -0.05) is 48.2 Å². The van der Waals surface area contributed by atoms with Crippen LogP contribution in [0.4, 0.5) is 5.69 Å². The molecular weight excluding hydrogens is 407 g/mol. The number of rotatable bonds is 5. The third kappa shape index (κ3) is 4.82. The van der Waals surface area contributed by atoms with Crippen molar-refractivity contribution >= 4 is 44.8 Å². The summed E-state index contributed by atoms with van der Waals surface area (Å²) in [6, 6.07) is 9.69. The van der Waals surface area contributed by atoms with Crippen molar-refractivity contribution in [3.63, 3.8) is 0 Å². The number of benzene rings is 2. The largest absolute Gasteiger partial charge is 0.322 e. The van der Waals surface area contributed by atoms with Crippen LogP contribution in [-0.4, -0.2) is 20.4 Å². The van der Waals surface area contributed by atoms with Crippen LogP contribution in [0.15, 0.2) is 41.3 Å². The number of amides is 1. The van der Waals surface area contributed by atoms with E-state index in [1.54, 1.807) is 12.1 Å². The monoisotopic (exact) mass is 426 g/mol. The maximum atomic E-state index is 12.7. The Balaban J connectivity index is 1.90. The fourth-order valence-corrected chi connectivity index (χ4v) is 5.32. The summed E-state index contributed by atoms with van der Waals surface area (Å²) in [4.78, 5) is 12.5. The smallest absolute Gasteiger partial charge is 0.257 e. The molecule has 2 N–H and O–H groups in total. The number of anilines is 1. The van der Waals surface area contributed by atoms with Crippen molar-refractivity contribution in [2.24, 2.45) is 0 Å². The first-order valence-corrected chi connectivity index (χ1v) is 10.9. The zero-order chi connectivity index (χ0) is 19.6. The summed E-state index contributed by atoms with van der Waals surface area (Å²) < 4.78 is 28.1. The molecule has 1 saturated carbocycles. The van der Waals surface area contributed by atoms with Crippen molar-refractivity contribution in [3.05, 3.63) is 57.6 Å². The molecule has 0 heterocycles. The number of hydrogen-bond acceptors (Lipinski definition) is 3. The summed E-state index contributed by atoms with van der Waals surface area (Å²) >= 11 is 12.3. The molecule has 0 atom stereocenters. The van der Waals surface area contributed by atoms with Gasteiger partial charge in [0.2, 0.25) is 10.0 Å². The number of carbonyl (C=O) groups excluding carboxylic acids is 1. The Kier molecular flexibility index (Phi) is 6.11. The Morgan fingerprint density at radius 3 is 2.44 bits per heavy atom. The number of nitrogens with one attached hydrogen (secondary N) is 2. The average Bonchev–Trinajstić information content (AvgIpc) is 3.06. The summed E-state index contributed by atoms with van der Waals surface area (Å²) in [6.07, 6.45) is 3.58. The highest BCUT2D eigenvalue weighted by Crippen LogP contribution is 2.30. The van der Waals surface area contributed by atoms with Crippen molar-refractivity contribution in [3.8, 4) is 0 Å². The van der Waals surface area contributed by atoms with Gasteiger partial charge in [0.1, 0.15) is 4.90 Å². The minimum atomic E-state index is -3.85. The molecule has 8 heteroatoms. The molecule has 0 radical (unpaired) electrons. The molecule has 0 aromatic heterocycles. The fourth-order valence-electron chi connectivity index (χ4n) is 3.16. The van der Waals surface area contributed by atoms with Crippen LogP contribution < -0.4 is 10.0 Å². The van der Waals surface area contributed by atoms with Gasteiger partial charge in [0.25, 0.3) is 5.91 Å². The standard InChI is InChI=1S/C19H20Cl2N2O3S/c1-12-5-4-8-14(9-12)22-19(24)15-10-18(17(21)11-16(15)20)27(25,26)23-13-6-2-3-7-13/h4-5,8-11,13,23H,2-3,6-7H2,1H3,(H,22,24). The lowest BCUT2D eigenvalue weighted by Gasteiger charge is -2.15. The van der Waals surface area contributed by atoms with Crippen molar-refractivity contribution in [2.75, 3.05) is 5.32 Å². The summed E-state index contributed by atoms with van der Waals surface area (Å²) in [5.41, 5.74) is 1.63. The summed E-state index contributed by atoms with van der Waals surface area (Å²) in [6.45, 7) is 1.91. The van der Waals surface area contributed by atoms with Crippen LogP contribution in [0.1, 0.15) is 41.6 Å². The maximum absolute atomic E-state index is 12.7. The molecule has 0 unspecified atom stereocenters. The van der Waals surface area contributed by atoms with Gasteiger partial charge in [-0.15, -0.1) is 0 Å². The zero-order valence-corrected chi connectivity index (χ0v) is 17.1. The van der Waals surface area contributed by atoms with E-state index in [4.69, 9.17) is 23.2 Å². The van der Waals surface area contributed by atoms with E-state index in [1.165, 1.54) is 12.1 Å². The van der Waals surface area contributed by atoms with Gasteiger partial charge in [0, 0.05) is 11.7 Å². The van der Waals surface area contributed by atoms with E-state index in [0.29, 0.717) is 5.69 Å². The highest BCUT2D eigenvalue weighted by molar-refractivity contribution is 7.89. The van der Waals surface area contributed by atoms with Crippen LogP contribution in [0.25, 0.3) is 0 Å². The quantitative estimate of drug-likeness (QED) is 0.722. The minimum Gasteiger partial charge on any atom is -0.322 e. The van der Waals surface area contributed by atoms with E-state index < -0.39 is 15.9 Å². The lowest BCUT2D eigenvalue weighted by Crippen LogP contribution is -2.33. The van der Waals surface area contributed by atoms with Crippen LogP contribution in [-0.2, 0) is 10.0 Å². The van der Waals surface area contributed by atoms with Crippen LogP contribution in [0.3, 0.4) is 0 Å². The molecule has 1 aliphatic rings. The molecule has 144 valence electrons. The van der Waals surface area contributed by atoms with Gasteiger partial charge in [-0.3, -0.25) is 4.79 Å². The summed E-state index contributed by atoms with van der Waals surface area (Å²) in [7, 11) is -3.85. The molecule has 0 spiro atoms. The minimum absolute atomic E-state index is 0.0161. The summed E-state index contributed by atoms with van der Waals surface area (Å²) in [5.74, 6) is -0.500. The Labute approximate surface area is 169 Å². The molecule has 5 nitrogen and oxygen atoms in total. The first-order valence-electron chi connectivity index (χ1n) is 8.65. The first kappa shape index (κ1) is 20.1. The number of sulfonamides is 1. The van der Waals surface area contributed by atoms with E-state index in [-0.39, 0.29) is 26.5 Å². The maximum Gasteiger partial charge on any atom is 0.257 e. The number of halogens is 2. The van der Waals surface area contributed by atoms with Gasteiger partial charge >= 0.3 is 0 Å². The molecule has 27 heavy (non-hydrogen) atoms. The summed E-state index contributed by atoms with van der Waals surface area (Å²) in [5, 5.41) is 2.80. The van der Waals surface area contributed by atoms with Crippen molar-refractivity contribution in [2.45, 2.75) is 43.5 Å². The molecule has 0 saturated heterocycles.